The van der Waals surface area contributed by atoms with Crippen LogP contribution in [0.1, 0.15) is 28.6 Å². The average Bonchev–Trinajstić information content (AvgIpc) is 3.31. The number of alkyl halides is 3. The van der Waals surface area contributed by atoms with Gasteiger partial charge in [-0.15, -0.1) is 5.10 Å². The molecule has 0 amide bonds. The van der Waals surface area contributed by atoms with Crippen LogP contribution < -0.4 is 4.90 Å². The lowest BCUT2D eigenvalue weighted by Crippen LogP contribution is -2.23. The SMILES string of the molecule is Cc1ccc(N2CCOC2c2cn(Cc3cccc(C(F)(F)F)c3)nn2)cc1. The third-order valence-electron chi connectivity index (χ3n) is 4.66. The Balaban J connectivity index is 1.52. The van der Waals surface area contributed by atoms with Crippen LogP contribution in [0.5, 0.6) is 0 Å². The highest BCUT2D eigenvalue weighted by Crippen LogP contribution is 2.32. The molecule has 28 heavy (non-hydrogen) atoms. The second-order valence-electron chi connectivity index (χ2n) is 6.79. The number of hydrogen-bond donors (Lipinski definition) is 0. The van der Waals surface area contributed by atoms with Crippen LogP contribution in [0, 0.1) is 6.92 Å². The van der Waals surface area contributed by atoms with Gasteiger partial charge in [-0.2, -0.15) is 13.2 Å². The van der Waals surface area contributed by atoms with Gasteiger partial charge in [0, 0.05) is 12.2 Å². The first-order valence-electron chi connectivity index (χ1n) is 8.91. The van der Waals surface area contributed by atoms with E-state index >= 15 is 0 Å². The molecular weight excluding hydrogens is 369 g/mol. The van der Waals surface area contributed by atoms with E-state index in [1.54, 1.807) is 12.3 Å². The van der Waals surface area contributed by atoms with Crippen molar-refractivity contribution in [3.8, 4) is 0 Å². The number of rotatable bonds is 4. The van der Waals surface area contributed by atoms with Crippen LogP contribution in [0.2, 0.25) is 0 Å². The van der Waals surface area contributed by atoms with Crippen molar-refractivity contribution < 1.29 is 17.9 Å². The summed E-state index contributed by atoms with van der Waals surface area (Å²) in [5.74, 6) is 0. The fraction of sp³-hybridized carbons (Fsp3) is 0.300. The lowest BCUT2D eigenvalue weighted by Gasteiger charge is -2.23. The van der Waals surface area contributed by atoms with Crippen molar-refractivity contribution in [3.63, 3.8) is 0 Å². The molecule has 146 valence electrons. The second kappa shape index (κ2) is 7.27. The van der Waals surface area contributed by atoms with Gasteiger partial charge in [0.05, 0.1) is 24.9 Å². The molecule has 3 aromatic rings. The first-order chi connectivity index (χ1) is 13.4. The molecule has 0 bridgehead atoms. The smallest absolute Gasteiger partial charge is 0.350 e. The number of benzene rings is 2. The van der Waals surface area contributed by atoms with E-state index in [9.17, 15) is 13.2 Å². The van der Waals surface area contributed by atoms with Gasteiger partial charge in [-0.3, -0.25) is 0 Å². The molecular formula is C20H19F3N4O. The molecule has 4 rings (SSSR count). The standard InChI is InChI=1S/C20H19F3N4O/c1-14-5-7-17(8-6-14)27-9-10-28-19(27)18-13-26(25-24-18)12-15-3-2-4-16(11-15)20(21,22)23/h2-8,11,13,19H,9-10,12H2,1H3. The largest absolute Gasteiger partial charge is 0.416 e. The van der Waals surface area contributed by atoms with Crippen molar-refractivity contribution in [1.29, 1.82) is 0 Å². The highest BCUT2D eigenvalue weighted by Gasteiger charge is 2.31. The molecule has 1 unspecified atom stereocenters. The predicted molar refractivity (Wildman–Crippen MR) is 97.8 cm³/mol. The molecule has 1 aromatic heterocycles. The maximum absolute atomic E-state index is 12.9. The van der Waals surface area contributed by atoms with Crippen molar-refractivity contribution in [3.05, 3.63) is 77.1 Å². The van der Waals surface area contributed by atoms with Gasteiger partial charge in [0.25, 0.3) is 0 Å². The fourth-order valence-corrected chi connectivity index (χ4v) is 3.25. The maximum atomic E-state index is 12.9. The topological polar surface area (TPSA) is 43.2 Å². The van der Waals surface area contributed by atoms with Crippen LogP contribution in [0.3, 0.4) is 0 Å². The summed E-state index contributed by atoms with van der Waals surface area (Å²) in [6, 6.07) is 13.4. The minimum absolute atomic E-state index is 0.203. The van der Waals surface area contributed by atoms with Gasteiger partial charge in [-0.1, -0.05) is 35.0 Å². The summed E-state index contributed by atoms with van der Waals surface area (Å²) in [6.07, 6.45) is -3.01. The second-order valence-corrected chi connectivity index (χ2v) is 6.79. The van der Waals surface area contributed by atoms with Gasteiger partial charge >= 0.3 is 6.18 Å². The van der Waals surface area contributed by atoms with Gasteiger partial charge in [-0.05, 0) is 36.8 Å². The van der Waals surface area contributed by atoms with Crippen LogP contribution in [0.25, 0.3) is 0 Å². The monoisotopic (exact) mass is 388 g/mol. The van der Waals surface area contributed by atoms with Crippen LogP contribution >= 0.6 is 0 Å². The number of hydrogen-bond acceptors (Lipinski definition) is 4. The number of aryl methyl sites for hydroxylation is 1. The van der Waals surface area contributed by atoms with Crippen LogP contribution in [-0.2, 0) is 17.5 Å². The quantitative estimate of drug-likeness (QED) is 0.672. The van der Waals surface area contributed by atoms with Gasteiger partial charge in [-0.25, -0.2) is 4.68 Å². The zero-order valence-corrected chi connectivity index (χ0v) is 15.2. The Kier molecular flexibility index (Phi) is 4.80. The Morgan fingerprint density at radius 1 is 1.14 bits per heavy atom. The molecule has 5 nitrogen and oxygen atoms in total. The molecule has 2 aromatic carbocycles. The molecule has 1 atom stereocenters. The number of ether oxygens (including phenoxy) is 1. The first-order valence-corrected chi connectivity index (χ1v) is 8.91. The van der Waals surface area contributed by atoms with Crippen molar-refractivity contribution in [1.82, 2.24) is 15.0 Å². The van der Waals surface area contributed by atoms with Crippen molar-refractivity contribution in [2.24, 2.45) is 0 Å². The first kappa shape index (κ1) is 18.5. The van der Waals surface area contributed by atoms with Crippen LogP contribution in [0.4, 0.5) is 18.9 Å². The molecule has 1 fully saturated rings. The highest BCUT2D eigenvalue weighted by molar-refractivity contribution is 5.49. The van der Waals surface area contributed by atoms with Crippen molar-refractivity contribution in [2.75, 3.05) is 18.1 Å². The Morgan fingerprint density at radius 3 is 2.68 bits per heavy atom. The van der Waals surface area contributed by atoms with E-state index in [1.807, 2.05) is 31.2 Å². The molecule has 0 saturated carbocycles. The van der Waals surface area contributed by atoms with Crippen molar-refractivity contribution in [2.45, 2.75) is 25.9 Å². The van der Waals surface area contributed by atoms with E-state index in [0.29, 0.717) is 17.9 Å². The van der Waals surface area contributed by atoms with Gasteiger partial charge in [0.1, 0.15) is 5.69 Å². The molecule has 8 heteroatoms. The lowest BCUT2D eigenvalue weighted by molar-refractivity contribution is -0.137. The molecule has 0 spiro atoms. The van der Waals surface area contributed by atoms with Gasteiger partial charge < -0.3 is 9.64 Å². The maximum Gasteiger partial charge on any atom is 0.416 e. The molecule has 2 heterocycles. The molecule has 0 radical (unpaired) electrons. The number of aromatic nitrogens is 3. The van der Waals surface area contributed by atoms with Gasteiger partial charge in [0.2, 0.25) is 0 Å². The summed E-state index contributed by atoms with van der Waals surface area (Å²) in [7, 11) is 0. The average molecular weight is 388 g/mol. The summed E-state index contributed by atoms with van der Waals surface area (Å²) in [5.41, 5.74) is 2.67. The summed E-state index contributed by atoms with van der Waals surface area (Å²) >= 11 is 0. The minimum Gasteiger partial charge on any atom is -0.350 e. The Hall–Kier alpha value is -2.87. The number of anilines is 1. The highest BCUT2D eigenvalue weighted by atomic mass is 19.4. The molecule has 0 aliphatic carbocycles. The molecule has 1 aliphatic rings. The van der Waals surface area contributed by atoms with E-state index in [1.165, 1.54) is 16.3 Å². The van der Waals surface area contributed by atoms with E-state index in [2.05, 4.69) is 15.2 Å². The molecule has 1 saturated heterocycles. The van der Waals surface area contributed by atoms with E-state index < -0.39 is 11.7 Å². The summed E-state index contributed by atoms with van der Waals surface area (Å²) in [5, 5.41) is 8.25. The summed E-state index contributed by atoms with van der Waals surface area (Å²) < 4.78 is 46.0. The van der Waals surface area contributed by atoms with Gasteiger partial charge in [0.15, 0.2) is 6.23 Å². The van der Waals surface area contributed by atoms with Crippen LogP contribution in [0.15, 0.2) is 54.7 Å². The Bertz CT molecular complexity index is 953. The van der Waals surface area contributed by atoms with Crippen molar-refractivity contribution >= 4 is 5.69 Å². The predicted octanol–water partition coefficient (Wildman–Crippen LogP) is 4.19. The summed E-state index contributed by atoms with van der Waals surface area (Å²) in [4.78, 5) is 2.10. The lowest BCUT2D eigenvalue weighted by atomic mass is 10.1. The van der Waals surface area contributed by atoms with E-state index in [0.717, 1.165) is 24.4 Å². The summed E-state index contributed by atoms with van der Waals surface area (Å²) in [6.45, 7) is 3.53. The third kappa shape index (κ3) is 3.87. The number of halogens is 3. The minimum atomic E-state index is -4.37. The normalized spacial score (nSPS) is 17.3. The zero-order valence-electron chi connectivity index (χ0n) is 15.2. The Labute approximate surface area is 160 Å². The number of nitrogens with zero attached hydrogens (tertiary/aromatic N) is 4. The fourth-order valence-electron chi connectivity index (χ4n) is 3.25. The third-order valence-corrected chi connectivity index (χ3v) is 4.66. The van der Waals surface area contributed by atoms with Crippen LogP contribution in [-0.4, -0.2) is 28.1 Å². The molecule has 0 N–H and O–H groups in total. The Morgan fingerprint density at radius 2 is 1.93 bits per heavy atom. The zero-order chi connectivity index (χ0) is 19.7. The van der Waals surface area contributed by atoms with E-state index in [-0.39, 0.29) is 12.8 Å². The molecule has 1 aliphatic heterocycles. The van der Waals surface area contributed by atoms with E-state index in [4.69, 9.17) is 4.74 Å².